The summed E-state index contributed by atoms with van der Waals surface area (Å²) in [7, 11) is 0. The summed E-state index contributed by atoms with van der Waals surface area (Å²) in [6.07, 6.45) is 0. The van der Waals surface area contributed by atoms with Gasteiger partial charge in [0, 0.05) is 49.1 Å². The monoisotopic (exact) mass is 805 g/mol. The Morgan fingerprint density at radius 2 is 0.810 bits per heavy atom. The van der Waals surface area contributed by atoms with Gasteiger partial charge >= 0.3 is 0 Å². The van der Waals surface area contributed by atoms with Gasteiger partial charge in [-0.3, -0.25) is 4.57 Å². The van der Waals surface area contributed by atoms with Gasteiger partial charge in [0.25, 0.3) is 0 Å². The summed E-state index contributed by atoms with van der Waals surface area (Å²) in [6, 6.07) is 74.5. The molecule has 0 fully saturated rings. The van der Waals surface area contributed by atoms with Gasteiger partial charge in [0.05, 0.1) is 22.1 Å². The SMILES string of the molecule is c1ccc(-c2ccc3oc4cc(-c5cccc(-n6c7ccccc7c7ccc(-c8nc(-c9ccccc9)nc(-n9c%10ccccc%10c%10ccccc%109)n8)cc76)c5)ccc4c3c2)cc1. The van der Waals surface area contributed by atoms with E-state index < -0.39 is 0 Å². The van der Waals surface area contributed by atoms with Crippen LogP contribution in [-0.2, 0) is 0 Å². The van der Waals surface area contributed by atoms with Gasteiger partial charge in [0.15, 0.2) is 11.6 Å². The van der Waals surface area contributed by atoms with Crippen molar-refractivity contribution in [3.63, 3.8) is 0 Å². The molecule has 4 aromatic heterocycles. The zero-order chi connectivity index (χ0) is 41.4. The summed E-state index contributed by atoms with van der Waals surface area (Å²) in [6.45, 7) is 0. The molecule has 9 aromatic carbocycles. The molecule has 0 unspecified atom stereocenters. The number of furan rings is 1. The minimum atomic E-state index is 0.572. The molecule has 0 atom stereocenters. The number of rotatable bonds is 6. The Morgan fingerprint density at radius 1 is 0.286 bits per heavy atom. The number of nitrogens with zero attached hydrogens (tertiary/aromatic N) is 5. The molecule has 0 saturated carbocycles. The maximum atomic E-state index is 6.47. The van der Waals surface area contributed by atoms with Crippen LogP contribution in [0.1, 0.15) is 0 Å². The first-order valence-electron chi connectivity index (χ1n) is 21.2. The molecule has 0 radical (unpaired) electrons. The second-order valence-electron chi connectivity index (χ2n) is 16.0. The van der Waals surface area contributed by atoms with Crippen LogP contribution in [0.4, 0.5) is 0 Å². The van der Waals surface area contributed by atoms with E-state index in [1.807, 2.05) is 24.3 Å². The van der Waals surface area contributed by atoms with Gasteiger partial charge in [-0.1, -0.05) is 152 Å². The van der Waals surface area contributed by atoms with Crippen molar-refractivity contribution in [3.05, 3.63) is 212 Å². The van der Waals surface area contributed by atoms with Crippen molar-refractivity contribution in [3.8, 4) is 56.7 Å². The van der Waals surface area contributed by atoms with E-state index in [4.69, 9.17) is 19.4 Å². The fraction of sp³-hybridized carbons (Fsp3) is 0. The van der Waals surface area contributed by atoms with Gasteiger partial charge in [0.2, 0.25) is 5.95 Å². The van der Waals surface area contributed by atoms with Crippen LogP contribution in [0, 0.1) is 0 Å². The third kappa shape index (κ3) is 5.69. The molecule has 0 N–H and O–H groups in total. The molecule has 0 aliphatic carbocycles. The van der Waals surface area contributed by atoms with E-state index in [0.29, 0.717) is 17.6 Å². The van der Waals surface area contributed by atoms with Crippen LogP contribution in [0.2, 0.25) is 0 Å². The molecule has 0 bridgehead atoms. The molecular weight excluding hydrogens is 771 g/mol. The Labute approximate surface area is 361 Å². The van der Waals surface area contributed by atoms with Gasteiger partial charge < -0.3 is 8.98 Å². The van der Waals surface area contributed by atoms with Crippen LogP contribution in [0.5, 0.6) is 0 Å². The fourth-order valence-electron chi connectivity index (χ4n) is 9.43. The van der Waals surface area contributed by atoms with Gasteiger partial charge in [0.1, 0.15) is 11.2 Å². The Balaban J connectivity index is 0.962. The van der Waals surface area contributed by atoms with Gasteiger partial charge in [-0.15, -0.1) is 0 Å². The van der Waals surface area contributed by atoms with Gasteiger partial charge in [-0.05, 0) is 82.9 Å². The maximum Gasteiger partial charge on any atom is 0.238 e. The van der Waals surface area contributed by atoms with E-state index in [0.717, 1.165) is 88.1 Å². The minimum Gasteiger partial charge on any atom is -0.456 e. The highest BCUT2D eigenvalue weighted by molar-refractivity contribution is 6.11. The molecule has 13 aromatic rings. The molecule has 0 aliphatic rings. The van der Waals surface area contributed by atoms with Crippen LogP contribution in [0.15, 0.2) is 217 Å². The summed E-state index contributed by atoms with van der Waals surface area (Å²) < 4.78 is 11.0. The lowest BCUT2D eigenvalue weighted by atomic mass is 10.0. The molecule has 0 spiro atoms. The van der Waals surface area contributed by atoms with Crippen molar-refractivity contribution in [2.45, 2.75) is 0 Å². The smallest absolute Gasteiger partial charge is 0.238 e. The molecule has 13 rings (SSSR count). The molecule has 6 heteroatoms. The first-order chi connectivity index (χ1) is 31.2. The normalized spacial score (nSPS) is 11.8. The number of fused-ring (bicyclic) bond motifs is 9. The van der Waals surface area contributed by atoms with Crippen LogP contribution < -0.4 is 0 Å². The van der Waals surface area contributed by atoms with Crippen molar-refractivity contribution < 1.29 is 4.42 Å². The quantitative estimate of drug-likeness (QED) is 0.168. The van der Waals surface area contributed by atoms with E-state index >= 15 is 0 Å². The number of benzene rings is 9. The number of aromatic nitrogens is 5. The lowest BCUT2D eigenvalue weighted by Crippen LogP contribution is -2.06. The first kappa shape index (κ1) is 35.2. The number of hydrogen-bond acceptors (Lipinski definition) is 4. The predicted molar refractivity (Wildman–Crippen MR) is 258 cm³/mol. The fourth-order valence-corrected chi connectivity index (χ4v) is 9.43. The Bertz CT molecular complexity index is 3860. The van der Waals surface area contributed by atoms with Crippen molar-refractivity contribution in [2.75, 3.05) is 0 Å². The van der Waals surface area contributed by atoms with E-state index in [1.165, 1.54) is 16.5 Å². The van der Waals surface area contributed by atoms with Crippen LogP contribution in [0.25, 0.3) is 122 Å². The van der Waals surface area contributed by atoms with Gasteiger partial charge in [-0.2, -0.15) is 9.97 Å². The van der Waals surface area contributed by atoms with Gasteiger partial charge in [-0.25, -0.2) is 4.98 Å². The average Bonchev–Trinajstić information content (AvgIpc) is 4.01. The molecule has 0 saturated heterocycles. The molecule has 0 amide bonds. The lowest BCUT2D eigenvalue weighted by Gasteiger charge is -2.12. The summed E-state index contributed by atoms with van der Waals surface area (Å²) in [5.74, 6) is 1.79. The molecule has 63 heavy (non-hydrogen) atoms. The zero-order valence-electron chi connectivity index (χ0n) is 33.9. The minimum absolute atomic E-state index is 0.572. The zero-order valence-corrected chi connectivity index (χ0v) is 33.9. The Hall–Kier alpha value is -8.61. The molecular formula is C57H35N5O. The number of hydrogen-bond donors (Lipinski definition) is 0. The maximum absolute atomic E-state index is 6.47. The predicted octanol–water partition coefficient (Wildman–Crippen LogP) is 14.6. The summed E-state index contributed by atoms with van der Waals surface area (Å²) in [4.78, 5) is 15.6. The topological polar surface area (TPSA) is 61.7 Å². The third-order valence-corrected chi connectivity index (χ3v) is 12.4. The highest BCUT2D eigenvalue weighted by Crippen LogP contribution is 2.39. The molecule has 6 nitrogen and oxygen atoms in total. The molecule has 0 aliphatic heterocycles. The van der Waals surface area contributed by atoms with Crippen LogP contribution >= 0.6 is 0 Å². The Morgan fingerprint density at radius 3 is 1.52 bits per heavy atom. The largest absolute Gasteiger partial charge is 0.456 e. The average molecular weight is 806 g/mol. The second-order valence-corrected chi connectivity index (χ2v) is 16.0. The Kier molecular flexibility index (Phi) is 7.80. The molecule has 4 heterocycles. The summed E-state index contributed by atoms with van der Waals surface area (Å²) in [5.41, 5.74) is 13.4. The highest BCUT2D eigenvalue weighted by Gasteiger charge is 2.20. The van der Waals surface area contributed by atoms with Crippen molar-refractivity contribution in [1.82, 2.24) is 24.1 Å². The third-order valence-electron chi connectivity index (χ3n) is 12.4. The van der Waals surface area contributed by atoms with Crippen molar-refractivity contribution in [1.29, 1.82) is 0 Å². The van der Waals surface area contributed by atoms with E-state index in [2.05, 4.69) is 197 Å². The summed E-state index contributed by atoms with van der Waals surface area (Å²) in [5, 5.41) is 6.85. The van der Waals surface area contributed by atoms with E-state index in [1.54, 1.807) is 0 Å². The van der Waals surface area contributed by atoms with Crippen molar-refractivity contribution in [2.24, 2.45) is 0 Å². The lowest BCUT2D eigenvalue weighted by molar-refractivity contribution is 0.669. The van der Waals surface area contributed by atoms with E-state index in [-0.39, 0.29) is 0 Å². The van der Waals surface area contributed by atoms with Crippen LogP contribution in [-0.4, -0.2) is 24.1 Å². The molecule has 294 valence electrons. The first-order valence-corrected chi connectivity index (χ1v) is 21.2. The number of para-hydroxylation sites is 3. The van der Waals surface area contributed by atoms with Crippen LogP contribution in [0.3, 0.4) is 0 Å². The van der Waals surface area contributed by atoms with E-state index in [9.17, 15) is 0 Å². The highest BCUT2D eigenvalue weighted by atomic mass is 16.3. The summed E-state index contributed by atoms with van der Waals surface area (Å²) >= 11 is 0. The standard InChI is InChI=1S/C57H35N5O/c1-3-14-36(15-4-1)39-28-31-53-48(33-39)47-30-26-40(35-54(47)63-53)38-18-13-19-42(32-38)61-49-23-10-7-22-45(49)46-29-27-41(34-52(46)61)56-58-55(37-16-5-2-6-17-37)59-57(60-56)62-50-24-11-8-20-43(50)44-21-9-12-25-51(44)62/h1-35H. The van der Waals surface area contributed by atoms with Crippen molar-refractivity contribution >= 4 is 65.6 Å². The second kappa shape index (κ2) is 14.0.